The Morgan fingerprint density at radius 1 is 1.36 bits per heavy atom. The molecule has 0 aromatic carbocycles. The molecule has 3 N–H and O–H groups in total. The fourth-order valence-electron chi connectivity index (χ4n) is 1.63. The molecule has 0 rings (SSSR count). The van der Waals surface area contributed by atoms with Gasteiger partial charge in [-0.05, 0) is 25.2 Å². The second-order valence-electron chi connectivity index (χ2n) is 4.84. The van der Waals surface area contributed by atoms with Crippen molar-refractivity contribution in [2.75, 3.05) is 6.61 Å². The van der Waals surface area contributed by atoms with Gasteiger partial charge in [0.1, 0.15) is 0 Å². The molecule has 0 saturated carbocycles. The van der Waals surface area contributed by atoms with Crippen LogP contribution in [0.1, 0.15) is 40.5 Å². The number of aliphatic hydroxyl groups excluding tert-OH is 1. The molecule has 0 heterocycles. The number of rotatable bonds is 5. The standard InChI is InChI=1S/C10H21NO3/c1-5-10(4,11-8(13)14)6-9(2,3)7-12/h11-12H,5-7H2,1-4H3,(H,13,14). The van der Waals surface area contributed by atoms with Gasteiger partial charge in [0.25, 0.3) is 0 Å². The first kappa shape index (κ1) is 13.2. The SMILES string of the molecule is CCC(C)(CC(C)(C)CO)NC(=O)O. The Morgan fingerprint density at radius 3 is 2.14 bits per heavy atom. The molecule has 0 aromatic heterocycles. The Morgan fingerprint density at radius 2 is 1.86 bits per heavy atom. The summed E-state index contributed by atoms with van der Waals surface area (Å²) in [5.41, 5.74) is -0.717. The van der Waals surface area contributed by atoms with Crippen LogP contribution in [0.5, 0.6) is 0 Å². The number of amides is 1. The smallest absolute Gasteiger partial charge is 0.405 e. The molecule has 0 saturated heterocycles. The van der Waals surface area contributed by atoms with Gasteiger partial charge in [-0.2, -0.15) is 0 Å². The maximum atomic E-state index is 10.6. The minimum atomic E-state index is -1.01. The van der Waals surface area contributed by atoms with E-state index in [4.69, 9.17) is 10.2 Å². The number of carboxylic acid groups (broad SMARTS) is 1. The van der Waals surface area contributed by atoms with Crippen molar-refractivity contribution >= 4 is 6.09 Å². The summed E-state index contributed by atoms with van der Waals surface area (Å²) >= 11 is 0. The van der Waals surface area contributed by atoms with Crippen molar-refractivity contribution in [2.24, 2.45) is 5.41 Å². The summed E-state index contributed by atoms with van der Waals surface area (Å²) in [6.45, 7) is 7.70. The quantitative estimate of drug-likeness (QED) is 0.638. The van der Waals surface area contributed by atoms with Crippen LogP contribution in [0.25, 0.3) is 0 Å². The Bertz CT molecular complexity index is 204. The fourth-order valence-corrected chi connectivity index (χ4v) is 1.63. The van der Waals surface area contributed by atoms with E-state index in [0.717, 1.165) is 0 Å². The normalized spacial score (nSPS) is 16.1. The minimum absolute atomic E-state index is 0.0594. The lowest BCUT2D eigenvalue weighted by Gasteiger charge is -2.35. The van der Waals surface area contributed by atoms with Crippen LogP contribution < -0.4 is 5.32 Å². The molecule has 84 valence electrons. The highest BCUT2D eigenvalue weighted by Gasteiger charge is 2.31. The highest BCUT2D eigenvalue weighted by atomic mass is 16.4. The van der Waals surface area contributed by atoms with Crippen molar-refractivity contribution in [1.82, 2.24) is 5.32 Å². The number of hydrogen-bond acceptors (Lipinski definition) is 2. The van der Waals surface area contributed by atoms with Gasteiger partial charge in [0.05, 0.1) is 0 Å². The van der Waals surface area contributed by atoms with Gasteiger partial charge in [0.15, 0.2) is 0 Å². The summed E-state index contributed by atoms with van der Waals surface area (Å²) < 4.78 is 0. The van der Waals surface area contributed by atoms with Crippen molar-refractivity contribution < 1.29 is 15.0 Å². The molecule has 0 fully saturated rings. The van der Waals surface area contributed by atoms with Crippen molar-refractivity contribution in [3.63, 3.8) is 0 Å². The third-order valence-corrected chi connectivity index (χ3v) is 2.49. The second-order valence-corrected chi connectivity index (χ2v) is 4.84. The lowest BCUT2D eigenvalue weighted by molar-refractivity contribution is 0.106. The van der Waals surface area contributed by atoms with Gasteiger partial charge in [-0.25, -0.2) is 4.79 Å². The first-order chi connectivity index (χ1) is 6.24. The van der Waals surface area contributed by atoms with Crippen LogP contribution in [-0.4, -0.2) is 28.5 Å². The molecule has 0 bridgehead atoms. The van der Waals surface area contributed by atoms with E-state index < -0.39 is 11.6 Å². The Kier molecular flexibility index (Phi) is 4.39. The van der Waals surface area contributed by atoms with Crippen molar-refractivity contribution in [2.45, 2.75) is 46.1 Å². The van der Waals surface area contributed by atoms with Gasteiger partial charge < -0.3 is 15.5 Å². The summed E-state index contributed by atoms with van der Waals surface area (Å²) in [4.78, 5) is 10.6. The monoisotopic (exact) mass is 203 g/mol. The summed E-state index contributed by atoms with van der Waals surface area (Å²) in [7, 11) is 0. The molecular weight excluding hydrogens is 182 g/mol. The Hall–Kier alpha value is -0.770. The molecule has 0 aliphatic heterocycles. The van der Waals surface area contributed by atoms with Crippen LogP contribution in [0.15, 0.2) is 0 Å². The molecule has 0 aromatic rings. The molecule has 0 aliphatic rings. The highest BCUT2D eigenvalue weighted by Crippen LogP contribution is 2.29. The first-order valence-corrected chi connectivity index (χ1v) is 4.87. The predicted molar refractivity (Wildman–Crippen MR) is 55.3 cm³/mol. The molecule has 1 amide bonds. The zero-order valence-corrected chi connectivity index (χ0v) is 9.42. The van der Waals surface area contributed by atoms with E-state index in [1.807, 2.05) is 27.7 Å². The summed E-state index contributed by atoms with van der Waals surface area (Å²) in [5.74, 6) is 0. The van der Waals surface area contributed by atoms with Crippen LogP contribution >= 0.6 is 0 Å². The zero-order chi connectivity index (χ0) is 11.4. The highest BCUT2D eigenvalue weighted by molar-refractivity contribution is 5.65. The molecular formula is C10H21NO3. The molecule has 4 nitrogen and oxygen atoms in total. The van der Waals surface area contributed by atoms with Crippen molar-refractivity contribution in [3.8, 4) is 0 Å². The minimum Gasteiger partial charge on any atom is -0.465 e. The van der Waals surface area contributed by atoms with Crippen LogP contribution in [0.3, 0.4) is 0 Å². The van der Waals surface area contributed by atoms with E-state index in [1.54, 1.807) is 0 Å². The number of carbonyl (C=O) groups is 1. The van der Waals surface area contributed by atoms with Crippen LogP contribution in [0, 0.1) is 5.41 Å². The molecule has 1 unspecified atom stereocenters. The molecule has 1 atom stereocenters. The van der Waals surface area contributed by atoms with Gasteiger partial charge in [0.2, 0.25) is 0 Å². The topological polar surface area (TPSA) is 69.6 Å². The Balaban J connectivity index is 4.46. The number of hydrogen-bond donors (Lipinski definition) is 3. The van der Waals surface area contributed by atoms with E-state index in [2.05, 4.69) is 5.32 Å². The second kappa shape index (κ2) is 4.64. The lowest BCUT2D eigenvalue weighted by Crippen LogP contribution is -2.48. The molecule has 4 heteroatoms. The van der Waals surface area contributed by atoms with Crippen LogP contribution in [0.4, 0.5) is 4.79 Å². The van der Waals surface area contributed by atoms with Gasteiger partial charge in [-0.15, -0.1) is 0 Å². The molecule has 0 aliphatic carbocycles. The van der Waals surface area contributed by atoms with Crippen LogP contribution in [-0.2, 0) is 0 Å². The van der Waals surface area contributed by atoms with Crippen molar-refractivity contribution in [3.05, 3.63) is 0 Å². The van der Waals surface area contributed by atoms with Gasteiger partial charge in [-0.1, -0.05) is 20.8 Å². The molecule has 0 spiro atoms. The van der Waals surface area contributed by atoms with Gasteiger partial charge in [-0.3, -0.25) is 0 Å². The zero-order valence-electron chi connectivity index (χ0n) is 9.42. The first-order valence-electron chi connectivity index (χ1n) is 4.87. The summed E-state index contributed by atoms with van der Waals surface area (Å²) in [6, 6.07) is 0. The van der Waals surface area contributed by atoms with E-state index in [9.17, 15) is 4.79 Å². The van der Waals surface area contributed by atoms with Gasteiger partial charge >= 0.3 is 6.09 Å². The third-order valence-electron chi connectivity index (χ3n) is 2.49. The average Bonchev–Trinajstić information content (AvgIpc) is 2.02. The van der Waals surface area contributed by atoms with Gasteiger partial charge in [0, 0.05) is 12.1 Å². The van der Waals surface area contributed by atoms with E-state index in [0.29, 0.717) is 12.8 Å². The lowest BCUT2D eigenvalue weighted by atomic mass is 9.78. The summed E-state index contributed by atoms with van der Waals surface area (Å²) in [5, 5.41) is 20.3. The average molecular weight is 203 g/mol. The van der Waals surface area contributed by atoms with Crippen LogP contribution in [0.2, 0.25) is 0 Å². The summed E-state index contributed by atoms with van der Waals surface area (Å²) in [6.07, 6.45) is 0.324. The third kappa shape index (κ3) is 4.46. The van der Waals surface area contributed by atoms with E-state index >= 15 is 0 Å². The largest absolute Gasteiger partial charge is 0.465 e. The Labute approximate surface area is 85.3 Å². The van der Waals surface area contributed by atoms with Crippen molar-refractivity contribution in [1.29, 1.82) is 0 Å². The maximum Gasteiger partial charge on any atom is 0.405 e. The predicted octanol–water partition coefficient (Wildman–Crippen LogP) is 1.83. The fraction of sp³-hybridized carbons (Fsp3) is 0.900. The molecule has 14 heavy (non-hydrogen) atoms. The maximum absolute atomic E-state index is 10.6. The number of aliphatic hydroxyl groups is 1. The number of nitrogens with one attached hydrogen (secondary N) is 1. The molecule has 0 radical (unpaired) electrons. The van der Waals surface area contributed by atoms with E-state index in [-0.39, 0.29) is 12.0 Å². The van der Waals surface area contributed by atoms with E-state index in [1.165, 1.54) is 0 Å².